The number of rotatable bonds is 6. The van der Waals surface area contributed by atoms with E-state index in [4.69, 9.17) is 11.6 Å². The van der Waals surface area contributed by atoms with Gasteiger partial charge in [-0.1, -0.05) is 24.9 Å². The largest absolute Gasteiger partial charge is 0.288 e. The first kappa shape index (κ1) is 15.0. The van der Waals surface area contributed by atoms with E-state index in [-0.39, 0.29) is 5.78 Å². The van der Waals surface area contributed by atoms with Gasteiger partial charge in [0.2, 0.25) is 0 Å². The summed E-state index contributed by atoms with van der Waals surface area (Å²) >= 11 is 7.62. The Bertz CT molecular complexity index is 628. The molecule has 2 rings (SSSR count). The maximum atomic E-state index is 12.1. The van der Waals surface area contributed by atoms with E-state index < -0.39 is 0 Å². The molecule has 3 nitrogen and oxygen atoms in total. The van der Waals surface area contributed by atoms with Gasteiger partial charge in [-0.2, -0.15) is 5.10 Å². The zero-order chi connectivity index (χ0) is 14.5. The monoisotopic (exact) mass is 308 g/mol. The molecule has 0 fully saturated rings. The van der Waals surface area contributed by atoms with Crippen LogP contribution in [0.3, 0.4) is 0 Å². The summed E-state index contributed by atoms with van der Waals surface area (Å²) in [6.07, 6.45) is 7.02. The van der Waals surface area contributed by atoms with Gasteiger partial charge in [0.05, 0.1) is 21.8 Å². The number of hydrogen-bond acceptors (Lipinski definition) is 3. The quantitative estimate of drug-likeness (QED) is 0.583. The molecule has 0 amide bonds. The van der Waals surface area contributed by atoms with E-state index in [1.165, 1.54) is 4.88 Å². The van der Waals surface area contributed by atoms with Crippen LogP contribution in [0.5, 0.6) is 0 Å². The van der Waals surface area contributed by atoms with Crippen molar-refractivity contribution in [2.45, 2.75) is 33.2 Å². The molecule has 0 aliphatic rings. The van der Waals surface area contributed by atoms with Gasteiger partial charge in [-0.05, 0) is 37.6 Å². The first-order valence-corrected chi connectivity index (χ1v) is 7.87. The molecule has 0 radical (unpaired) electrons. The average molecular weight is 309 g/mol. The molecule has 20 heavy (non-hydrogen) atoms. The summed E-state index contributed by atoms with van der Waals surface area (Å²) in [5.74, 6) is 0.0114. The van der Waals surface area contributed by atoms with Crippen LogP contribution in [-0.4, -0.2) is 15.6 Å². The van der Waals surface area contributed by atoms with Crippen molar-refractivity contribution in [1.82, 2.24) is 9.78 Å². The Morgan fingerprint density at radius 1 is 1.45 bits per heavy atom. The summed E-state index contributed by atoms with van der Waals surface area (Å²) in [6.45, 7) is 4.84. The predicted molar refractivity (Wildman–Crippen MR) is 84.6 cm³/mol. The molecule has 2 aromatic rings. The fourth-order valence-corrected chi connectivity index (χ4v) is 3.15. The molecule has 0 aromatic carbocycles. The summed E-state index contributed by atoms with van der Waals surface area (Å²) in [6, 6.07) is 3.92. The number of ketones is 1. The molecular formula is C15H17ClN2OS. The van der Waals surface area contributed by atoms with Gasteiger partial charge in [0.25, 0.3) is 0 Å². The molecule has 0 saturated heterocycles. The second-order valence-corrected chi connectivity index (χ2v) is 5.98. The minimum Gasteiger partial charge on any atom is -0.288 e. The third-order valence-corrected chi connectivity index (χ3v) is 4.38. The van der Waals surface area contributed by atoms with Crippen molar-refractivity contribution in [3.63, 3.8) is 0 Å². The van der Waals surface area contributed by atoms with Gasteiger partial charge >= 0.3 is 0 Å². The molecule has 0 spiro atoms. The fraction of sp³-hybridized carbons (Fsp3) is 0.333. The second kappa shape index (κ2) is 6.86. The van der Waals surface area contributed by atoms with Gasteiger partial charge in [-0.25, -0.2) is 0 Å². The zero-order valence-corrected chi connectivity index (χ0v) is 13.2. The standard InChI is InChI=1S/C15H17ClN2OS/c1-3-5-11-6-9-15(20-11)14(19)8-7-13-12(16)10-17-18(13)4-2/h6-10H,3-5H2,1-2H3/b8-7+. The molecular weight excluding hydrogens is 292 g/mol. The smallest absolute Gasteiger partial charge is 0.195 e. The summed E-state index contributed by atoms with van der Waals surface area (Å²) in [5.41, 5.74) is 0.771. The van der Waals surface area contributed by atoms with Gasteiger partial charge < -0.3 is 0 Å². The number of thiophene rings is 1. The molecule has 0 bridgehead atoms. The highest BCUT2D eigenvalue weighted by Crippen LogP contribution is 2.20. The first-order valence-electron chi connectivity index (χ1n) is 6.68. The second-order valence-electron chi connectivity index (χ2n) is 4.41. The van der Waals surface area contributed by atoms with E-state index in [1.807, 2.05) is 19.1 Å². The molecule has 0 aliphatic heterocycles. The van der Waals surface area contributed by atoms with E-state index in [9.17, 15) is 4.79 Å². The number of carbonyl (C=O) groups is 1. The van der Waals surface area contributed by atoms with Crippen LogP contribution in [-0.2, 0) is 13.0 Å². The lowest BCUT2D eigenvalue weighted by atomic mass is 10.2. The predicted octanol–water partition coefficient (Wildman–Crippen LogP) is 4.47. The van der Waals surface area contributed by atoms with Crippen LogP contribution in [0, 0.1) is 0 Å². The number of aromatic nitrogens is 2. The van der Waals surface area contributed by atoms with Crippen molar-refractivity contribution in [1.29, 1.82) is 0 Å². The topological polar surface area (TPSA) is 34.9 Å². The van der Waals surface area contributed by atoms with Crippen molar-refractivity contribution < 1.29 is 4.79 Å². The zero-order valence-electron chi connectivity index (χ0n) is 11.6. The molecule has 0 aliphatic carbocycles. The van der Waals surface area contributed by atoms with E-state index in [1.54, 1.807) is 34.4 Å². The highest BCUT2D eigenvalue weighted by atomic mass is 35.5. The van der Waals surface area contributed by atoms with Crippen molar-refractivity contribution in [2.24, 2.45) is 0 Å². The van der Waals surface area contributed by atoms with Crippen molar-refractivity contribution in [3.8, 4) is 0 Å². The maximum Gasteiger partial charge on any atom is 0.195 e. The molecule has 0 saturated carbocycles. The number of nitrogens with zero attached hydrogens (tertiary/aromatic N) is 2. The van der Waals surface area contributed by atoms with Crippen molar-refractivity contribution >= 4 is 34.8 Å². The summed E-state index contributed by atoms with van der Waals surface area (Å²) in [5, 5.41) is 4.70. The van der Waals surface area contributed by atoms with Crippen LogP contribution in [0.25, 0.3) is 6.08 Å². The van der Waals surface area contributed by atoms with Crippen molar-refractivity contribution in [3.05, 3.63) is 44.9 Å². The SMILES string of the molecule is CCCc1ccc(C(=O)/C=C/c2c(Cl)cnn2CC)s1. The van der Waals surface area contributed by atoms with Crippen LogP contribution in [0.2, 0.25) is 5.02 Å². The van der Waals surface area contributed by atoms with Gasteiger partial charge in [0.15, 0.2) is 5.78 Å². The summed E-state index contributed by atoms with van der Waals surface area (Å²) in [7, 11) is 0. The Balaban J connectivity index is 2.13. The maximum absolute atomic E-state index is 12.1. The summed E-state index contributed by atoms with van der Waals surface area (Å²) in [4.78, 5) is 14.1. The number of allylic oxidation sites excluding steroid dienone is 1. The highest BCUT2D eigenvalue weighted by Gasteiger charge is 2.08. The molecule has 0 unspecified atom stereocenters. The van der Waals surface area contributed by atoms with Gasteiger partial charge in [-0.15, -0.1) is 11.3 Å². The van der Waals surface area contributed by atoms with Crippen LogP contribution >= 0.6 is 22.9 Å². The Hall–Kier alpha value is -1.39. The van der Waals surface area contributed by atoms with E-state index in [2.05, 4.69) is 12.0 Å². The minimum atomic E-state index is 0.0114. The van der Waals surface area contributed by atoms with Gasteiger partial charge in [0.1, 0.15) is 0 Å². The third-order valence-electron chi connectivity index (χ3n) is 2.93. The van der Waals surface area contributed by atoms with Crippen LogP contribution in [0.15, 0.2) is 24.4 Å². The Kier molecular flexibility index (Phi) is 5.15. The fourth-order valence-electron chi connectivity index (χ4n) is 1.92. The average Bonchev–Trinajstić information content (AvgIpc) is 3.03. The molecule has 5 heteroatoms. The normalized spacial score (nSPS) is 11.3. The Morgan fingerprint density at radius 3 is 2.95 bits per heavy atom. The first-order chi connectivity index (χ1) is 9.65. The Labute approximate surface area is 127 Å². The lowest BCUT2D eigenvalue weighted by Crippen LogP contribution is -1.99. The number of hydrogen-bond donors (Lipinski definition) is 0. The van der Waals surface area contributed by atoms with Gasteiger partial charge in [-0.3, -0.25) is 9.48 Å². The van der Waals surface area contributed by atoms with E-state index in [0.717, 1.165) is 30.0 Å². The van der Waals surface area contributed by atoms with E-state index >= 15 is 0 Å². The number of carbonyl (C=O) groups excluding carboxylic acids is 1. The number of aryl methyl sites for hydroxylation is 2. The van der Waals surface area contributed by atoms with Crippen molar-refractivity contribution in [2.75, 3.05) is 0 Å². The van der Waals surface area contributed by atoms with Crippen LogP contribution in [0.1, 0.15) is 40.5 Å². The number of halogens is 1. The third kappa shape index (κ3) is 3.38. The molecule has 0 atom stereocenters. The van der Waals surface area contributed by atoms with Gasteiger partial charge in [0, 0.05) is 11.4 Å². The molecule has 0 N–H and O–H groups in total. The molecule has 106 valence electrons. The molecule has 2 heterocycles. The lowest BCUT2D eigenvalue weighted by Gasteiger charge is -1.99. The highest BCUT2D eigenvalue weighted by molar-refractivity contribution is 7.14. The van der Waals surface area contributed by atoms with Crippen LogP contribution in [0.4, 0.5) is 0 Å². The molecule has 2 aromatic heterocycles. The van der Waals surface area contributed by atoms with E-state index in [0.29, 0.717) is 5.02 Å². The minimum absolute atomic E-state index is 0.0114. The Morgan fingerprint density at radius 2 is 2.25 bits per heavy atom. The summed E-state index contributed by atoms with van der Waals surface area (Å²) < 4.78 is 1.77. The lowest BCUT2D eigenvalue weighted by molar-refractivity contribution is 0.105. The van der Waals surface area contributed by atoms with Crippen LogP contribution < -0.4 is 0 Å².